The van der Waals surface area contributed by atoms with Crippen LogP contribution in [-0.4, -0.2) is 29.3 Å². The molecular formula is C12H14ClNO3. The highest BCUT2D eigenvalue weighted by Gasteiger charge is 2.48. The molecule has 1 aromatic rings. The lowest BCUT2D eigenvalue weighted by Gasteiger charge is -2.29. The summed E-state index contributed by atoms with van der Waals surface area (Å²) < 4.78 is 5.36. The van der Waals surface area contributed by atoms with Gasteiger partial charge in [0.2, 0.25) is 0 Å². The van der Waals surface area contributed by atoms with Crippen molar-refractivity contribution in [3.8, 4) is 0 Å². The monoisotopic (exact) mass is 255 g/mol. The van der Waals surface area contributed by atoms with E-state index in [0.717, 1.165) is 0 Å². The van der Waals surface area contributed by atoms with E-state index in [2.05, 4.69) is 5.32 Å². The van der Waals surface area contributed by atoms with E-state index in [1.165, 1.54) is 0 Å². The summed E-state index contributed by atoms with van der Waals surface area (Å²) in [6.45, 7) is 2.21. The standard InChI is InChI=1S/C12H14ClNO3/c1-8-12(11(15)16,5-6-17-8)14-10-4-2-3-9(13)7-10/h2-4,7-8,14H,5-6H2,1H3,(H,15,16). The number of aliphatic carboxylic acids is 1. The molecule has 92 valence electrons. The Balaban J connectivity index is 2.28. The molecule has 1 saturated heterocycles. The smallest absolute Gasteiger partial charge is 0.332 e. The van der Waals surface area contributed by atoms with Gasteiger partial charge in [0, 0.05) is 23.7 Å². The van der Waals surface area contributed by atoms with Gasteiger partial charge in [-0.3, -0.25) is 0 Å². The van der Waals surface area contributed by atoms with Crippen LogP contribution in [-0.2, 0) is 9.53 Å². The summed E-state index contributed by atoms with van der Waals surface area (Å²) >= 11 is 5.87. The topological polar surface area (TPSA) is 58.6 Å². The highest BCUT2D eigenvalue weighted by atomic mass is 35.5. The molecule has 4 nitrogen and oxygen atoms in total. The van der Waals surface area contributed by atoms with Gasteiger partial charge in [-0.1, -0.05) is 17.7 Å². The average Bonchev–Trinajstić information content (AvgIpc) is 2.61. The maximum absolute atomic E-state index is 11.4. The number of hydrogen-bond acceptors (Lipinski definition) is 3. The molecule has 1 aliphatic heterocycles. The zero-order chi connectivity index (χ0) is 12.5. The molecule has 0 radical (unpaired) electrons. The normalized spacial score (nSPS) is 28.0. The lowest BCUT2D eigenvalue weighted by atomic mass is 9.91. The maximum atomic E-state index is 11.4. The van der Waals surface area contributed by atoms with E-state index in [9.17, 15) is 9.90 Å². The van der Waals surface area contributed by atoms with Crippen LogP contribution in [0.25, 0.3) is 0 Å². The van der Waals surface area contributed by atoms with Crippen molar-refractivity contribution in [1.82, 2.24) is 0 Å². The van der Waals surface area contributed by atoms with E-state index in [0.29, 0.717) is 23.7 Å². The van der Waals surface area contributed by atoms with Crippen molar-refractivity contribution in [2.24, 2.45) is 0 Å². The van der Waals surface area contributed by atoms with Gasteiger partial charge >= 0.3 is 5.97 Å². The first-order chi connectivity index (χ1) is 8.04. The lowest BCUT2D eigenvalue weighted by molar-refractivity contribution is -0.143. The van der Waals surface area contributed by atoms with Gasteiger partial charge in [0.05, 0.1) is 6.10 Å². The number of halogens is 1. The van der Waals surface area contributed by atoms with E-state index < -0.39 is 11.5 Å². The molecular weight excluding hydrogens is 242 g/mol. The number of carboxylic acid groups (broad SMARTS) is 1. The Bertz CT molecular complexity index is 438. The molecule has 1 aliphatic rings. The van der Waals surface area contributed by atoms with E-state index in [-0.39, 0.29) is 6.10 Å². The van der Waals surface area contributed by atoms with Crippen molar-refractivity contribution in [1.29, 1.82) is 0 Å². The Morgan fingerprint density at radius 3 is 2.94 bits per heavy atom. The van der Waals surface area contributed by atoms with Gasteiger partial charge in [-0.25, -0.2) is 4.79 Å². The first kappa shape index (κ1) is 12.2. The van der Waals surface area contributed by atoms with Crippen LogP contribution in [0, 0.1) is 0 Å². The molecule has 0 amide bonds. The molecule has 2 rings (SSSR count). The number of nitrogens with one attached hydrogen (secondary N) is 1. The van der Waals surface area contributed by atoms with Crippen molar-refractivity contribution in [2.45, 2.75) is 25.0 Å². The molecule has 2 N–H and O–H groups in total. The molecule has 1 heterocycles. The van der Waals surface area contributed by atoms with Gasteiger partial charge in [0.25, 0.3) is 0 Å². The zero-order valence-electron chi connectivity index (χ0n) is 9.44. The van der Waals surface area contributed by atoms with Crippen LogP contribution in [0.4, 0.5) is 5.69 Å². The van der Waals surface area contributed by atoms with Gasteiger partial charge in [0.15, 0.2) is 5.54 Å². The fourth-order valence-electron chi connectivity index (χ4n) is 2.06. The minimum atomic E-state index is -1.06. The maximum Gasteiger partial charge on any atom is 0.332 e. The second kappa shape index (κ2) is 4.55. The number of anilines is 1. The number of ether oxygens (including phenoxy) is 1. The molecule has 1 fully saturated rings. The third kappa shape index (κ3) is 2.23. The fraction of sp³-hybridized carbons (Fsp3) is 0.417. The zero-order valence-corrected chi connectivity index (χ0v) is 10.2. The largest absolute Gasteiger partial charge is 0.479 e. The molecule has 1 aromatic carbocycles. The van der Waals surface area contributed by atoms with Crippen molar-refractivity contribution in [3.05, 3.63) is 29.3 Å². The van der Waals surface area contributed by atoms with E-state index in [4.69, 9.17) is 16.3 Å². The summed E-state index contributed by atoms with van der Waals surface area (Å²) in [7, 11) is 0. The second-order valence-electron chi connectivity index (χ2n) is 4.17. The van der Waals surface area contributed by atoms with Crippen LogP contribution in [0.3, 0.4) is 0 Å². The van der Waals surface area contributed by atoms with Gasteiger partial charge in [-0.2, -0.15) is 0 Å². The average molecular weight is 256 g/mol. The van der Waals surface area contributed by atoms with E-state index in [1.807, 2.05) is 0 Å². The number of benzene rings is 1. The minimum absolute atomic E-state index is 0.376. The van der Waals surface area contributed by atoms with Crippen LogP contribution in [0.5, 0.6) is 0 Å². The Hall–Kier alpha value is -1.26. The molecule has 0 bridgehead atoms. The fourth-order valence-corrected chi connectivity index (χ4v) is 2.25. The predicted molar refractivity (Wildman–Crippen MR) is 65.5 cm³/mol. The van der Waals surface area contributed by atoms with Crippen LogP contribution in [0.2, 0.25) is 5.02 Å². The van der Waals surface area contributed by atoms with Gasteiger partial charge < -0.3 is 15.2 Å². The molecule has 0 saturated carbocycles. The third-order valence-electron chi connectivity index (χ3n) is 3.13. The SMILES string of the molecule is CC1OCCC1(Nc1cccc(Cl)c1)C(=O)O. The van der Waals surface area contributed by atoms with Crippen LogP contribution >= 0.6 is 11.6 Å². The summed E-state index contributed by atoms with van der Waals surface area (Å²) in [6, 6.07) is 7.02. The first-order valence-electron chi connectivity index (χ1n) is 5.43. The summed E-state index contributed by atoms with van der Waals surface area (Å²) in [4.78, 5) is 11.4. The highest BCUT2D eigenvalue weighted by Crippen LogP contribution is 2.31. The predicted octanol–water partition coefficient (Wildman–Crippen LogP) is 2.38. The van der Waals surface area contributed by atoms with Crippen LogP contribution < -0.4 is 5.32 Å². The Morgan fingerprint density at radius 1 is 1.65 bits per heavy atom. The van der Waals surface area contributed by atoms with Gasteiger partial charge in [0.1, 0.15) is 0 Å². The van der Waals surface area contributed by atoms with E-state index >= 15 is 0 Å². The summed E-state index contributed by atoms with van der Waals surface area (Å²) in [5, 5.41) is 13.0. The molecule has 2 unspecified atom stereocenters. The summed E-state index contributed by atoms with van der Waals surface area (Å²) in [5.41, 5.74) is -0.373. The summed E-state index contributed by atoms with van der Waals surface area (Å²) in [6.07, 6.45) is 0.0645. The summed E-state index contributed by atoms with van der Waals surface area (Å²) in [5.74, 6) is -0.900. The molecule has 2 atom stereocenters. The van der Waals surface area contributed by atoms with Crippen molar-refractivity contribution < 1.29 is 14.6 Å². The molecule has 0 aliphatic carbocycles. The molecule has 0 aromatic heterocycles. The van der Waals surface area contributed by atoms with Crippen molar-refractivity contribution in [2.75, 3.05) is 11.9 Å². The molecule has 17 heavy (non-hydrogen) atoms. The number of rotatable bonds is 3. The number of hydrogen-bond donors (Lipinski definition) is 2. The van der Waals surface area contributed by atoms with Crippen molar-refractivity contribution in [3.63, 3.8) is 0 Å². The number of carbonyl (C=O) groups is 1. The van der Waals surface area contributed by atoms with Crippen LogP contribution in [0.1, 0.15) is 13.3 Å². The highest BCUT2D eigenvalue weighted by molar-refractivity contribution is 6.30. The Morgan fingerprint density at radius 2 is 2.41 bits per heavy atom. The third-order valence-corrected chi connectivity index (χ3v) is 3.37. The Kier molecular flexibility index (Phi) is 3.26. The molecule has 0 spiro atoms. The lowest BCUT2D eigenvalue weighted by Crippen LogP contribution is -2.51. The first-order valence-corrected chi connectivity index (χ1v) is 5.81. The number of carboxylic acids is 1. The molecule has 5 heteroatoms. The minimum Gasteiger partial charge on any atom is -0.479 e. The quantitative estimate of drug-likeness (QED) is 0.871. The van der Waals surface area contributed by atoms with Gasteiger partial charge in [-0.05, 0) is 25.1 Å². The van der Waals surface area contributed by atoms with Crippen molar-refractivity contribution >= 4 is 23.3 Å². The van der Waals surface area contributed by atoms with Crippen LogP contribution in [0.15, 0.2) is 24.3 Å². The van der Waals surface area contributed by atoms with Gasteiger partial charge in [-0.15, -0.1) is 0 Å². The second-order valence-corrected chi connectivity index (χ2v) is 4.61. The Labute approximate surface area is 105 Å². The van der Waals surface area contributed by atoms with E-state index in [1.54, 1.807) is 31.2 Å².